The second-order valence-corrected chi connectivity index (χ2v) is 7.43. The van der Waals surface area contributed by atoms with E-state index in [0.717, 1.165) is 38.2 Å². The van der Waals surface area contributed by atoms with Crippen LogP contribution in [0, 0.1) is 11.2 Å². The van der Waals surface area contributed by atoms with Crippen molar-refractivity contribution in [1.29, 1.82) is 0 Å². The molecule has 2 rings (SSSR count). The molecular weight excluding hydrogens is 293 g/mol. The minimum Gasteiger partial charge on any atom is -0.340 e. The molecule has 0 saturated carbocycles. The number of amides is 1. The molecule has 1 heterocycles. The van der Waals surface area contributed by atoms with Crippen LogP contribution in [0.3, 0.4) is 0 Å². The first-order valence-electron chi connectivity index (χ1n) is 8.28. The van der Waals surface area contributed by atoms with Crippen LogP contribution in [-0.4, -0.2) is 47.9 Å². The number of nitrogens with two attached hydrogens (primary N) is 1. The summed E-state index contributed by atoms with van der Waals surface area (Å²) in [7, 11) is 0. The highest BCUT2D eigenvalue weighted by Gasteiger charge is 2.31. The highest BCUT2D eigenvalue weighted by Crippen LogP contribution is 2.20. The summed E-state index contributed by atoms with van der Waals surface area (Å²) < 4.78 is 13.0. The quantitative estimate of drug-likeness (QED) is 0.929. The minimum absolute atomic E-state index is 0.0427. The Balaban J connectivity index is 1.91. The summed E-state index contributed by atoms with van der Waals surface area (Å²) in [5, 5.41) is 0. The zero-order valence-corrected chi connectivity index (χ0v) is 14.4. The van der Waals surface area contributed by atoms with Crippen molar-refractivity contribution in [3.05, 3.63) is 35.6 Å². The van der Waals surface area contributed by atoms with Crippen molar-refractivity contribution < 1.29 is 9.18 Å². The van der Waals surface area contributed by atoms with E-state index in [2.05, 4.69) is 4.90 Å². The second-order valence-electron chi connectivity index (χ2n) is 7.43. The molecule has 0 aromatic heterocycles. The summed E-state index contributed by atoms with van der Waals surface area (Å²) in [4.78, 5) is 16.7. The van der Waals surface area contributed by atoms with Gasteiger partial charge in [0.2, 0.25) is 5.91 Å². The molecule has 1 aliphatic heterocycles. The molecule has 0 spiro atoms. The number of carbonyl (C=O) groups excluding carboxylic acids is 1. The van der Waals surface area contributed by atoms with Gasteiger partial charge in [0.05, 0.1) is 6.04 Å². The molecule has 0 unspecified atom stereocenters. The van der Waals surface area contributed by atoms with Crippen molar-refractivity contribution in [1.82, 2.24) is 9.80 Å². The fourth-order valence-electron chi connectivity index (χ4n) is 2.76. The first kappa shape index (κ1) is 17.9. The van der Waals surface area contributed by atoms with Gasteiger partial charge in [0.25, 0.3) is 0 Å². The SMILES string of the molecule is CC(C)(C)[C@H](N)C(=O)N1CCCN(Cc2ccc(F)cc2)CC1. The minimum atomic E-state index is -0.467. The normalized spacial score (nSPS) is 18.6. The van der Waals surface area contributed by atoms with Crippen LogP contribution in [0.2, 0.25) is 0 Å². The molecule has 1 saturated heterocycles. The van der Waals surface area contributed by atoms with Crippen LogP contribution >= 0.6 is 0 Å². The van der Waals surface area contributed by atoms with Gasteiger partial charge in [0.1, 0.15) is 5.82 Å². The molecule has 1 aliphatic rings. The monoisotopic (exact) mass is 321 g/mol. The summed E-state index contributed by atoms with van der Waals surface area (Å²) in [5.41, 5.74) is 6.98. The lowest BCUT2D eigenvalue weighted by molar-refractivity contribution is -0.134. The van der Waals surface area contributed by atoms with Crippen molar-refractivity contribution in [2.75, 3.05) is 26.2 Å². The van der Waals surface area contributed by atoms with E-state index in [1.54, 1.807) is 0 Å². The number of nitrogens with zero attached hydrogens (tertiary/aromatic N) is 2. The molecule has 1 amide bonds. The van der Waals surface area contributed by atoms with E-state index in [1.165, 1.54) is 12.1 Å². The number of rotatable bonds is 3. The van der Waals surface area contributed by atoms with Crippen molar-refractivity contribution in [2.45, 2.75) is 39.8 Å². The van der Waals surface area contributed by atoms with E-state index in [-0.39, 0.29) is 17.1 Å². The summed E-state index contributed by atoms with van der Waals surface area (Å²) in [6.45, 7) is 9.97. The van der Waals surface area contributed by atoms with Gasteiger partial charge >= 0.3 is 0 Å². The number of carbonyl (C=O) groups is 1. The lowest BCUT2D eigenvalue weighted by Gasteiger charge is -2.31. The molecule has 5 heteroatoms. The maximum Gasteiger partial charge on any atom is 0.240 e. The molecule has 0 aliphatic carbocycles. The number of benzene rings is 1. The summed E-state index contributed by atoms with van der Waals surface area (Å²) in [6.07, 6.45) is 0.934. The van der Waals surface area contributed by atoms with Crippen molar-refractivity contribution in [3.8, 4) is 0 Å². The fraction of sp³-hybridized carbons (Fsp3) is 0.611. The predicted octanol–water partition coefficient (Wildman–Crippen LogP) is 2.23. The maximum atomic E-state index is 13.0. The highest BCUT2D eigenvalue weighted by molar-refractivity contribution is 5.82. The van der Waals surface area contributed by atoms with E-state index in [1.807, 2.05) is 37.8 Å². The van der Waals surface area contributed by atoms with Crippen molar-refractivity contribution in [3.63, 3.8) is 0 Å². The van der Waals surface area contributed by atoms with Crippen LogP contribution < -0.4 is 5.73 Å². The van der Waals surface area contributed by atoms with E-state index in [0.29, 0.717) is 6.54 Å². The molecule has 0 radical (unpaired) electrons. The Labute approximate surface area is 138 Å². The first-order chi connectivity index (χ1) is 10.8. The Morgan fingerprint density at radius 1 is 1.17 bits per heavy atom. The zero-order valence-electron chi connectivity index (χ0n) is 14.4. The van der Waals surface area contributed by atoms with Gasteiger partial charge in [-0.25, -0.2) is 4.39 Å². The predicted molar refractivity (Wildman–Crippen MR) is 90.3 cm³/mol. The standard InChI is InChI=1S/C18H28FN3O/c1-18(2,3)16(20)17(23)22-10-4-9-21(11-12-22)13-14-5-7-15(19)8-6-14/h5-8,16H,4,9-13,20H2,1-3H3/t16-/m1/s1. The number of halogens is 1. The maximum absolute atomic E-state index is 13.0. The van der Waals surface area contributed by atoms with Crippen LogP contribution in [0.15, 0.2) is 24.3 Å². The molecule has 1 aromatic carbocycles. The van der Waals surface area contributed by atoms with E-state index >= 15 is 0 Å². The van der Waals surface area contributed by atoms with Crippen LogP contribution in [0.25, 0.3) is 0 Å². The number of hydrogen-bond acceptors (Lipinski definition) is 3. The largest absolute Gasteiger partial charge is 0.340 e. The highest BCUT2D eigenvalue weighted by atomic mass is 19.1. The molecule has 128 valence electrons. The van der Waals surface area contributed by atoms with E-state index in [4.69, 9.17) is 5.73 Å². The summed E-state index contributed by atoms with van der Waals surface area (Å²) in [5.74, 6) is -0.168. The topological polar surface area (TPSA) is 49.6 Å². The van der Waals surface area contributed by atoms with Gasteiger partial charge in [-0.1, -0.05) is 32.9 Å². The van der Waals surface area contributed by atoms with E-state index < -0.39 is 6.04 Å². The van der Waals surface area contributed by atoms with Gasteiger partial charge in [-0.2, -0.15) is 0 Å². The third kappa shape index (κ3) is 5.01. The average molecular weight is 321 g/mol. The summed E-state index contributed by atoms with van der Waals surface area (Å²) >= 11 is 0. The van der Waals surface area contributed by atoms with Gasteiger partial charge in [-0.15, -0.1) is 0 Å². The average Bonchev–Trinajstić information content (AvgIpc) is 2.73. The lowest BCUT2D eigenvalue weighted by Crippen LogP contribution is -2.51. The van der Waals surface area contributed by atoms with Crippen molar-refractivity contribution in [2.24, 2.45) is 11.1 Å². The Kier molecular flexibility index (Phi) is 5.76. The van der Waals surface area contributed by atoms with Crippen LogP contribution in [-0.2, 0) is 11.3 Å². The van der Waals surface area contributed by atoms with Crippen LogP contribution in [0.5, 0.6) is 0 Å². The van der Waals surface area contributed by atoms with Gasteiger partial charge in [-0.3, -0.25) is 9.69 Å². The van der Waals surface area contributed by atoms with Gasteiger partial charge in [0.15, 0.2) is 0 Å². The lowest BCUT2D eigenvalue weighted by atomic mass is 9.86. The molecule has 4 nitrogen and oxygen atoms in total. The first-order valence-corrected chi connectivity index (χ1v) is 8.28. The van der Waals surface area contributed by atoms with Gasteiger partial charge in [-0.05, 0) is 29.5 Å². The smallest absolute Gasteiger partial charge is 0.240 e. The molecule has 0 bridgehead atoms. The summed E-state index contributed by atoms with van der Waals surface area (Å²) in [6, 6.07) is 6.15. The van der Waals surface area contributed by atoms with E-state index in [9.17, 15) is 9.18 Å². The molecule has 2 N–H and O–H groups in total. The molecule has 1 atom stereocenters. The molecule has 1 fully saturated rings. The van der Waals surface area contributed by atoms with Crippen molar-refractivity contribution >= 4 is 5.91 Å². The third-order valence-corrected chi connectivity index (χ3v) is 4.42. The van der Waals surface area contributed by atoms with Gasteiger partial charge < -0.3 is 10.6 Å². The fourth-order valence-corrected chi connectivity index (χ4v) is 2.76. The Hall–Kier alpha value is -1.46. The third-order valence-electron chi connectivity index (χ3n) is 4.42. The molecular formula is C18H28FN3O. The zero-order chi connectivity index (χ0) is 17.0. The van der Waals surface area contributed by atoms with Crippen LogP contribution in [0.1, 0.15) is 32.8 Å². The molecule has 1 aromatic rings. The Morgan fingerprint density at radius 3 is 2.43 bits per heavy atom. The Morgan fingerprint density at radius 2 is 1.83 bits per heavy atom. The molecule has 23 heavy (non-hydrogen) atoms. The number of hydrogen-bond donors (Lipinski definition) is 1. The second kappa shape index (κ2) is 7.41. The Bertz CT molecular complexity index is 524. The van der Waals surface area contributed by atoms with Crippen LogP contribution in [0.4, 0.5) is 4.39 Å². The van der Waals surface area contributed by atoms with Gasteiger partial charge in [0, 0.05) is 32.7 Å².